The Morgan fingerprint density at radius 1 is 1.20 bits per heavy atom. The molecule has 0 saturated heterocycles. The highest BCUT2D eigenvalue weighted by molar-refractivity contribution is 7.18. The van der Waals surface area contributed by atoms with Gasteiger partial charge in [0, 0.05) is 17.0 Å². The molecule has 1 aliphatic rings. The van der Waals surface area contributed by atoms with E-state index in [0.717, 1.165) is 41.6 Å². The molecule has 1 N–H and O–H groups in total. The molecular weight excluding hydrogens is 470 g/mol. The summed E-state index contributed by atoms with van der Waals surface area (Å²) in [6.07, 6.45) is 5.55. The summed E-state index contributed by atoms with van der Waals surface area (Å²) in [6.45, 7) is 1.53. The molecule has 9 nitrogen and oxygen atoms in total. The van der Waals surface area contributed by atoms with E-state index in [1.165, 1.54) is 15.8 Å². The fourth-order valence-corrected chi connectivity index (χ4v) is 5.53. The number of fused-ring (bicyclic) bond motifs is 3. The predicted molar refractivity (Wildman–Crippen MR) is 132 cm³/mol. The molecule has 0 saturated carbocycles. The summed E-state index contributed by atoms with van der Waals surface area (Å²) in [7, 11) is 3.11. The average molecular weight is 500 g/mol. The Hall–Kier alpha value is -3.40. The van der Waals surface area contributed by atoms with Crippen LogP contribution in [-0.4, -0.2) is 42.3 Å². The Bertz CT molecular complexity index is 1300. The van der Waals surface area contributed by atoms with Crippen LogP contribution in [0.2, 0.25) is 0 Å². The lowest BCUT2D eigenvalue weighted by Crippen LogP contribution is -2.31. The van der Waals surface area contributed by atoms with E-state index < -0.39 is 18.5 Å². The summed E-state index contributed by atoms with van der Waals surface area (Å²) >= 11 is 1.59. The fraction of sp³-hybridized carbons (Fsp3) is 0.440. The number of carbonyl (C=O) groups is 2. The molecule has 186 valence electrons. The third-order valence-corrected chi connectivity index (χ3v) is 7.34. The minimum Gasteiger partial charge on any atom is -0.497 e. The zero-order valence-electron chi connectivity index (χ0n) is 20.1. The topological polar surface area (TPSA) is 109 Å². The molecule has 4 rings (SSSR count). The summed E-state index contributed by atoms with van der Waals surface area (Å²) in [5.74, 6) is 0.240. The number of hydrogen-bond donors (Lipinski definition) is 1. The van der Waals surface area contributed by atoms with Gasteiger partial charge < -0.3 is 19.5 Å². The highest BCUT2D eigenvalue weighted by Crippen LogP contribution is 2.33. The number of nitrogens with zero attached hydrogens (tertiary/aromatic N) is 2. The molecule has 1 atom stereocenters. The van der Waals surface area contributed by atoms with Crippen LogP contribution in [0.15, 0.2) is 29.3 Å². The van der Waals surface area contributed by atoms with Crippen molar-refractivity contribution >= 4 is 33.4 Å². The normalized spacial score (nSPS) is 13.7. The molecule has 0 bridgehead atoms. The molecule has 0 aliphatic heterocycles. The Labute approximate surface area is 207 Å². The number of hydrogen-bond acceptors (Lipinski definition) is 8. The van der Waals surface area contributed by atoms with Crippen molar-refractivity contribution < 1.29 is 23.8 Å². The quantitative estimate of drug-likeness (QED) is 0.451. The van der Waals surface area contributed by atoms with E-state index >= 15 is 0 Å². The lowest BCUT2D eigenvalue weighted by atomic mass is 9.97. The molecule has 1 aromatic carbocycles. The number of benzene rings is 1. The number of nitrogens with one attached hydrogen (secondary N) is 1. The molecular formula is C25H29N3O6S. The van der Waals surface area contributed by atoms with Crippen LogP contribution in [0.4, 0.5) is 0 Å². The van der Waals surface area contributed by atoms with E-state index in [0.29, 0.717) is 16.9 Å². The molecule has 0 fully saturated rings. The molecule has 2 heterocycles. The molecule has 0 spiro atoms. The van der Waals surface area contributed by atoms with Crippen LogP contribution in [0.1, 0.15) is 48.2 Å². The van der Waals surface area contributed by atoms with Gasteiger partial charge in [-0.3, -0.25) is 19.0 Å². The number of methoxy groups -OCH3 is 2. The summed E-state index contributed by atoms with van der Waals surface area (Å²) in [5, 5.41) is 3.47. The number of carbonyl (C=O) groups excluding carboxylic acids is 2. The Morgan fingerprint density at radius 2 is 2.00 bits per heavy atom. The Kier molecular flexibility index (Phi) is 7.70. The molecule has 3 aromatic rings. The van der Waals surface area contributed by atoms with Crippen LogP contribution in [0.25, 0.3) is 10.2 Å². The number of thiophene rings is 1. The van der Waals surface area contributed by atoms with E-state index in [1.54, 1.807) is 50.7 Å². The van der Waals surface area contributed by atoms with Crippen LogP contribution in [0, 0.1) is 0 Å². The Balaban J connectivity index is 1.31. The molecule has 10 heteroatoms. The maximum absolute atomic E-state index is 13.0. The number of amides is 1. The van der Waals surface area contributed by atoms with Gasteiger partial charge in [0.05, 0.1) is 38.4 Å². The highest BCUT2D eigenvalue weighted by atomic mass is 32.1. The maximum atomic E-state index is 13.0. The van der Waals surface area contributed by atoms with E-state index in [9.17, 15) is 14.4 Å². The molecule has 35 heavy (non-hydrogen) atoms. The fourth-order valence-electron chi connectivity index (χ4n) is 4.31. The van der Waals surface area contributed by atoms with Gasteiger partial charge in [-0.15, -0.1) is 11.3 Å². The number of rotatable bonds is 9. The summed E-state index contributed by atoms with van der Waals surface area (Å²) < 4.78 is 17.2. The average Bonchev–Trinajstić information content (AvgIpc) is 3.26. The maximum Gasteiger partial charge on any atom is 0.308 e. The van der Waals surface area contributed by atoms with Gasteiger partial charge in [0.15, 0.2) is 6.61 Å². The number of ether oxygens (including phenoxy) is 3. The lowest BCUT2D eigenvalue weighted by Gasteiger charge is -2.18. The SMILES string of the molecule is COc1ccc(OC)c(C(C)NC(=O)COC(=O)CCn2cnc3sc4c(c3c2=O)CCCC4)c1. The largest absolute Gasteiger partial charge is 0.497 e. The first-order valence-corrected chi connectivity index (χ1v) is 12.4. The molecule has 2 aromatic heterocycles. The molecule has 1 aliphatic carbocycles. The second-order valence-electron chi connectivity index (χ2n) is 8.44. The zero-order chi connectivity index (χ0) is 24.9. The molecule has 1 amide bonds. The molecule has 0 radical (unpaired) electrons. The number of esters is 1. The van der Waals surface area contributed by atoms with Gasteiger partial charge in [-0.05, 0) is 56.4 Å². The Morgan fingerprint density at radius 3 is 2.77 bits per heavy atom. The van der Waals surface area contributed by atoms with Crippen molar-refractivity contribution in [2.24, 2.45) is 0 Å². The van der Waals surface area contributed by atoms with Crippen molar-refractivity contribution in [3.05, 3.63) is 50.9 Å². The first kappa shape index (κ1) is 24.7. The minimum atomic E-state index is -0.564. The standard InChI is InChI=1S/C25H29N3O6S/c1-15(18-12-16(32-2)8-9-19(18)33-3)27-21(29)13-34-22(30)10-11-28-14-26-24-23(25(28)31)17-6-4-5-7-20(17)35-24/h8-9,12,14-15H,4-7,10-11,13H2,1-3H3,(H,27,29). The summed E-state index contributed by atoms with van der Waals surface area (Å²) in [6, 6.07) is 4.92. The summed E-state index contributed by atoms with van der Waals surface area (Å²) in [5.41, 5.74) is 1.73. The monoisotopic (exact) mass is 499 g/mol. The van der Waals surface area contributed by atoms with Gasteiger partial charge >= 0.3 is 5.97 Å². The van der Waals surface area contributed by atoms with E-state index in [4.69, 9.17) is 14.2 Å². The molecule has 1 unspecified atom stereocenters. The number of aryl methyl sites for hydroxylation is 3. The van der Waals surface area contributed by atoms with Crippen LogP contribution in [0.5, 0.6) is 11.5 Å². The van der Waals surface area contributed by atoms with E-state index in [1.807, 2.05) is 0 Å². The van der Waals surface area contributed by atoms with Crippen LogP contribution >= 0.6 is 11.3 Å². The van der Waals surface area contributed by atoms with Crippen LogP contribution in [0.3, 0.4) is 0 Å². The van der Waals surface area contributed by atoms with Crippen molar-refractivity contribution in [3.63, 3.8) is 0 Å². The zero-order valence-corrected chi connectivity index (χ0v) is 20.9. The van der Waals surface area contributed by atoms with Gasteiger partial charge in [0.1, 0.15) is 16.3 Å². The first-order valence-electron chi connectivity index (χ1n) is 11.6. The van der Waals surface area contributed by atoms with E-state index in [2.05, 4.69) is 10.3 Å². The van der Waals surface area contributed by atoms with Crippen molar-refractivity contribution in [1.82, 2.24) is 14.9 Å². The van der Waals surface area contributed by atoms with Crippen molar-refractivity contribution in [1.29, 1.82) is 0 Å². The third kappa shape index (κ3) is 5.48. The number of aromatic nitrogens is 2. The van der Waals surface area contributed by atoms with Crippen molar-refractivity contribution in [2.75, 3.05) is 20.8 Å². The van der Waals surface area contributed by atoms with Gasteiger partial charge in [-0.1, -0.05) is 0 Å². The van der Waals surface area contributed by atoms with Gasteiger partial charge in [0.2, 0.25) is 0 Å². The van der Waals surface area contributed by atoms with Gasteiger partial charge in [0.25, 0.3) is 11.5 Å². The van der Waals surface area contributed by atoms with Crippen molar-refractivity contribution in [3.8, 4) is 11.5 Å². The lowest BCUT2D eigenvalue weighted by molar-refractivity contribution is -0.148. The van der Waals surface area contributed by atoms with Crippen LogP contribution < -0.4 is 20.3 Å². The minimum absolute atomic E-state index is 0.0358. The summed E-state index contributed by atoms with van der Waals surface area (Å²) in [4.78, 5) is 44.0. The first-order chi connectivity index (χ1) is 16.9. The second-order valence-corrected chi connectivity index (χ2v) is 9.53. The van der Waals surface area contributed by atoms with E-state index in [-0.39, 0.29) is 24.6 Å². The predicted octanol–water partition coefficient (Wildman–Crippen LogP) is 3.16. The van der Waals surface area contributed by atoms with Crippen molar-refractivity contribution in [2.45, 2.75) is 51.6 Å². The third-order valence-electron chi connectivity index (χ3n) is 6.14. The smallest absolute Gasteiger partial charge is 0.308 e. The van der Waals surface area contributed by atoms with Gasteiger partial charge in [-0.25, -0.2) is 4.98 Å². The van der Waals surface area contributed by atoms with Crippen LogP contribution in [-0.2, 0) is 33.7 Å². The highest BCUT2D eigenvalue weighted by Gasteiger charge is 2.20. The van der Waals surface area contributed by atoms with Gasteiger partial charge in [-0.2, -0.15) is 0 Å². The second kappa shape index (κ2) is 10.9.